The molecule has 0 aliphatic carbocycles. The van der Waals surface area contributed by atoms with Crippen molar-refractivity contribution < 1.29 is 9.59 Å². The van der Waals surface area contributed by atoms with Crippen molar-refractivity contribution in [1.29, 1.82) is 0 Å². The Morgan fingerprint density at radius 3 is 2.25 bits per heavy atom. The third-order valence-electron chi connectivity index (χ3n) is 4.25. The van der Waals surface area contributed by atoms with Gasteiger partial charge in [0.25, 0.3) is 5.91 Å². The van der Waals surface area contributed by atoms with Gasteiger partial charge in [0, 0.05) is 35.4 Å². The van der Waals surface area contributed by atoms with Gasteiger partial charge in [0.2, 0.25) is 5.91 Å². The first-order valence-electron chi connectivity index (χ1n) is 8.72. The minimum atomic E-state index is -0.216. The van der Waals surface area contributed by atoms with Crippen molar-refractivity contribution in [3.05, 3.63) is 71.4 Å². The molecule has 4 rings (SSSR count). The Kier molecular flexibility index (Phi) is 4.67. The molecule has 0 aliphatic heterocycles. The number of amides is 2. The van der Waals surface area contributed by atoms with Crippen LogP contribution in [0.4, 0.5) is 11.4 Å². The molecule has 0 saturated carbocycles. The summed E-state index contributed by atoms with van der Waals surface area (Å²) in [5.74, 6) is -0.353. The van der Waals surface area contributed by atoms with Gasteiger partial charge in [-0.25, -0.2) is 4.98 Å². The second-order valence-electron chi connectivity index (χ2n) is 6.48. The van der Waals surface area contributed by atoms with E-state index in [1.54, 1.807) is 34.0 Å². The zero-order valence-electron chi connectivity index (χ0n) is 15.4. The normalized spacial score (nSPS) is 10.8. The van der Waals surface area contributed by atoms with Crippen molar-refractivity contribution in [2.75, 3.05) is 10.6 Å². The predicted molar refractivity (Wildman–Crippen MR) is 112 cm³/mol. The van der Waals surface area contributed by atoms with E-state index in [1.807, 2.05) is 37.4 Å². The molecule has 0 aliphatic rings. The second kappa shape index (κ2) is 7.28. The van der Waals surface area contributed by atoms with Crippen molar-refractivity contribution in [2.24, 2.45) is 0 Å². The van der Waals surface area contributed by atoms with Gasteiger partial charge in [0.15, 0.2) is 4.96 Å². The molecule has 140 valence electrons. The summed E-state index contributed by atoms with van der Waals surface area (Å²) in [5.41, 5.74) is 4.89. The Hall–Kier alpha value is -3.45. The molecule has 7 heteroatoms. The molecule has 2 aromatic heterocycles. The maximum Gasteiger partial charge on any atom is 0.273 e. The van der Waals surface area contributed by atoms with Crippen LogP contribution in [0, 0.1) is 6.92 Å². The largest absolute Gasteiger partial charge is 0.326 e. The van der Waals surface area contributed by atoms with Gasteiger partial charge < -0.3 is 10.6 Å². The lowest BCUT2D eigenvalue weighted by Gasteiger charge is -2.06. The van der Waals surface area contributed by atoms with Crippen molar-refractivity contribution >= 4 is 39.5 Å². The van der Waals surface area contributed by atoms with E-state index in [1.165, 1.54) is 23.8 Å². The van der Waals surface area contributed by atoms with Crippen molar-refractivity contribution in [2.45, 2.75) is 13.8 Å². The van der Waals surface area contributed by atoms with E-state index < -0.39 is 0 Å². The minimum Gasteiger partial charge on any atom is -0.326 e. The first-order chi connectivity index (χ1) is 13.5. The van der Waals surface area contributed by atoms with E-state index in [4.69, 9.17) is 0 Å². The first kappa shape index (κ1) is 17.9. The van der Waals surface area contributed by atoms with E-state index >= 15 is 0 Å². The van der Waals surface area contributed by atoms with Crippen LogP contribution in [0.25, 0.3) is 16.2 Å². The van der Waals surface area contributed by atoms with Gasteiger partial charge >= 0.3 is 0 Å². The monoisotopic (exact) mass is 390 g/mol. The fraction of sp³-hybridized carbons (Fsp3) is 0.0952. The summed E-state index contributed by atoms with van der Waals surface area (Å²) in [4.78, 5) is 29.2. The molecule has 0 saturated heterocycles. The number of nitrogens with one attached hydrogen (secondary N) is 2. The maximum absolute atomic E-state index is 12.7. The number of nitrogens with zero attached hydrogens (tertiary/aromatic N) is 2. The summed E-state index contributed by atoms with van der Waals surface area (Å²) in [5, 5.41) is 7.37. The number of aromatic nitrogens is 2. The van der Waals surface area contributed by atoms with E-state index in [-0.39, 0.29) is 11.8 Å². The summed E-state index contributed by atoms with van der Waals surface area (Å²) < 4.78 is 1.81. The molecule has 0 atom stereocenters. The molecule has 0 fully saturated rings. The van der Waals surface area contributed by atoms with Crippen LogP contribution >= 0.6 is 11.3 Å². The number of benzene rings is 2. The third-order valence-corrected chi connectivity index (χ3v) is 5.09. The number of thiazole rings is 1. The Bertz CT molecular complexity index is 1160. The number of fused-ring (bicyclic) bond motifs is 1. The molecule has 0 bridgehead atoms. The highest BCUT2D eigenvalue weighted by atomic mass is 32.1. The minimum absolute atomic E-state index is 0.137. The number of anilines is 2. The first-order valence-corrected chi connectivity index (χ1v) is 9.60. The Labute approximate surface area is 165 Å². The van der Waals surface area contributed by atoms with Crippen LogP contribution < -0.4 is 10.6 Å². The SMILES string of the molecule is CC(=O)Nc1ccc(NC(=O)c2csc3nc(-c4ccc(C)cc4)cn23)cc1. The lowest BCUT2D eigenvalue weighted by atomic mass is 10.1. The van der Waals surface area contributed by atoms with Crippen LogP contribution in [0.5, 0.6) is 0 Å². The van der Waals surface area contributed by atoms with E-state index in [0.29, 0.717) is 17.1 Å². The number of hydrogen-bond acceptors (Lipinski definition) is 4. The summed E-state index contributed by atoms with van der Waals surface area (Å²) >= 11 is 1.42. The van der Waals surface area contributed by atoms with Crippen LogP contribution in [0.1, 0.15) is 23.0 Å². The highest BCUT2D eigenvalue weighted by Crippen LogP contribution is 2.24. The van der Waals surface area contributed by atoms with Gasteiger partial charge in [-0.3, -0.25) is 14.0 Å². The molecule has 0 spiro atoms. The number of carbonyl (C=O) groups excluding carboxylic acids is 2. The smallest absolute Gasteiger partial charge is 0.273 e. The quantitative estimate of drug-likeness (QED) is 0.535. The number of rotatable bonds is 4. The number of hydrogen-bond donors (Lipinski definition) is 2. The van der Waals surface area contributed by atoms with Crippen LogP contribution in [0.3, 0.4) is 0 Å². The van der Waals surface area contributed by atoms with Crippen LogP contribution in [0.15, 0.2) is 60.1 Å². The highest BCUT2D eigenvalue weighted by molar-refractivity contribution is 7.15. The van der Waals surface area contributed by atoms with E-state index in [0.717, 1.165) is 16.2 Å². The van der Waals surface area contributed by atoms with Crippen molar-refractivity contribution in [3.63, 3.8) is 0 Å². The fourth-order valence-electron chi connectivity index (χ4n) is 2.85. The summed E-state index contributed by atoms with van der Waals surface area (Å²) in [6.45, 7) is 3.49. The molecule has 2 amide bonds. The molecule has 4 aromatic rings. The van der Waals surface area contributed by atoms with Crippen molar-refractivity contribution in [1.82, 2.24) is 9.38 Å². The summed E-state index contributed by atoms with van der Waals surface area (Å²) in [6, 6.07) is 15.1. The Balaban J connectivity index is 1.56. The fourth-order valence-corrected chi connectivity index (χ4v) is 3.70. The van der Waals surface area contributed by atoms with Crippen LogP contribution in [0.2, 0.25) is 0 Å². The molecule has 0 unspecified atom stereocenters. The number of aryl methyl sites for hydroxylation is 1. The molecule has 2 aromatic carbocycles. The highest BCUT2D eigenvalue weighted by Gasteiger charge is 2.15. The molecular weight excluding hydrogens is 372 g/mol. The lowest BCUT2D eigenvalue weighted by molar-refractivity contribution is -0.114. The van der Waals surface area contributed by atoms with E-state index in [2.05, 4.69) is 15.6 Å². The molecule has 6 nitrogen and oxygen atoms in total. The van der Waals surface area contributed by atoms with Gasteiger partial charge in [0.05, 0.1) is 5.69 Å². The molecule has 28 heavy (non-hydrogen) atoms. The van der Waals surface area contributed by atoms with Gasteiger partial charge in [0.1, 0.15) is 5.69 Å². The topological polar surface area (TPSA) is 75.5 Å². The average molecular weight is 390 g/mol. The van der Waals surface area contributed by atoms with Crippen LogP contribution in [-0.4, -0.2) is 21.2 Å². The zero-order valence-corrected chi connectivity index (χ0v) is 16.2. The van der Waals surface area contributed by atoms with Gasteiger partial charge in [-0.2, -0.15) is 0 Å². The maximum atomic E-state index is 12.7. The summed E-state index contributed by atoms with van der Waals surface area (Å²) in [7, 11) is 0. The van der Waals surface area contributed by atoms with Gasteiger partial charge in [-0.15, -0.1) is 11.3 Å². The summed E-state index contributed by atoms with van der Waals surface area (Å²) in [6.07, 6.45) is 1.88. The molecule has 2 N–H and O–H groups in total. The molecule has 2 heterocycles. The third kappa shape index (κ3) is 3.65. The standard InChI is InChI=1S/C21H18N4O2S/c1-13-3-5-15(6-4-13)18-11-25-19(12-28-21(25)24-18)20(27)23-17-9-7-16(8-10-17)22-14(2)26/h3-12H,1-2H3,(H,22,26)(H,23,27). The molecule has 0 radical (unpaired) electrons. The second-order valence-corrected chi connectivity index (χ2v) is 7.31. The predicted octanol–water partition coefficient (Wildman–Crippen LogP) is 4.58. The van der Waals surface area contributed by atoms with Gasteiger partial charge in [-0.1, -0.05) is 29.8 Å². The van der Waals surface area contributed by atoms with Crippen LogP contribution in [-0.2, 0) is 4.79 Å². The number of imidazole rings is 1. The van der Waals surface area contributed by atoms with Gasteiger partial charge in [-0.05, 0) is 31.2 Å². The Morgan fingerprint density at radius 1 is 0.964 bits per heavy atom. The number of carbonyl (C=O) groups is 2. The Morgan fingerprint density at radius 2 is 1.61 bits per heavy atom. The zero-order chi connectivity index (χ0) is 19.7. The van der Waals surface area contributed by atoms with E-state index in [9.17, 15) is 9.59 Å². The lowest BCUT2D eigenvalue weighted by Crippen LogP contribution is -2.14. The average Bonchev–Trinajstić information content (AvgIpc) is 3.24. The van der Waals surface area contributed by atoms with Crippen molar-refractivity contribution in [3.8, 4) is 11.3 Å². The molecular formula is C21H18N4O2S.